The molecule has 0 spiro atoms. The minimum atomic E-state index is -3.73. The number of rotatable bonds is 8. The van der Waals surface area contributed by atoms with Gasteiger partial charge in [0.25, 0.3) is 0 Å². The molecule has 1 fully saturated rings. The molecule has 1 aromatic heterocycles. The Bertz CT molecular complexity index is 877. The van der Waals surface area contributed by atoms with E-state index >= 15 is 0 Å². The maximum Gasteiger partial charge on any atom is 0.244 e. The predicted octanol–water partition coefficient (Wildman–Crippen LogP) is 3.41. The van der Waals surface area contributed by atoms with Crippen molar-refractivity contribution in [3.8, 4) is 0 Å². The van der Waals surface area contributed by atoms with Crippen LogP contribution in [0.4, 0.5) is 0 Å². The lowest BCUT2D eigenvalue weighted by Gasteiger charge is -2.28. The van der Waals surface area contributed by atoms with Gasteiger partial charge in [0.2, 0.25) is 10.0 Å². The van der Waals surface area contributed by atoms with E-state index in [0.717, 1.165) is 49.3 Å². The third-order valence-corrected chi connectivity index (χ3v) is 7.43. The summed E-state index contributed by atoms with van der Waals surface area (Å²) in [5, 5.41) is 0.210. The zero-order valence-corrected chi connectivity index (χ0v) is 18.6. The number of morpholine rings is 1. The fourth-order valence-corrected chi connectivity index (χ4v) is 5.57. The van der Waals surface area contributed by atoms with E-state index in [2.05, 4.69) is 25.8 Å². The van der Waals surface area contributed by atoms with Crippen LogP contribution in [0.15, 0.2) is 52.1 Å². The highest BCUT2D eigenvalue weighted by Crippen LogP contribution is 2.28. The molecule has 0 saturated carbocycles. The normalized spacial score (nSPS) is 15.8. The van der Waals surface area contributed by atoms with Gasteiger partial charge >= 0.3 is 0 Å². The van der Waals surface area contributed by atoms with E-state index < -0.39 is 10.0 Å². The molecule has 0 amide bonds. The van der Waals surface area contributed by atoms with Crippen LogP contribution >= 0.6 is 27.5 Å². The Kier molecular flexibility index (Phi) is 7.85. The molecule has 0 bridgehead atoms. The summed E-state index contributed by atoms with van der Waals surface area (Å²) < 4.78 is 34.3. The van der Waals surface area contributed by atoms with Gasteiger partial charge in [-0.2, -0.15) is 4.31 Å². The first-order chi connectivity index (χ1) is 13.5. The van der Waals surface area contributed by atoms with Gasteiger partial charge in [-0.1, -0.05) is 27.5 Å². The highest BCUT2D eigenvalue weighted by atomic mass is 79.9. The summed E-state index contributed by atoms with van der Waals surface area (Å²) >= 11 is 9.57. The van der Waals surface area contributed by atoms with E-state index in [4.69, 9.17) is 16.3 Å². The fourth-order valence-electron chi connectivity index (χ4n) is 3.09. The van der Waals surface area contributed by atoms with Crippen LogP contribution in [0.3, 0.4) is 0 Å². The lowest BCUT2D eigenvalue weighted by molar-refractivity contribution is 0.0368. The number of halogens is 2. The van der Waals surface area contributed by atoms with E-state index in [1.807, 2.05) is 12.1 Å². The van der Waals surface area contributed by atoms with Crippen LogP contribution in [0.2, 0.25) is 5.02 Å². The Morgan fingerprint density at radius 2 is 1.89 bits per heavy atom. The molecule has 9 heteroatoms. The van der Waals surface area contributed by atoms with Crippen molar-refractivity contribution in [2.45, 2.75) is 17.9 Å². The minimum Gasteiger partial charge on any atom is -0.379 e. The van der Waals surface area contributed by atoms with Crippen LogP contribution in [-0.2, 0) is 21.3 Å². The first kappa shape index (κ1) is 21.7. The number of nitrogens with zero attached hydrogens (tertiary/aromatic N) is 3. The number of sulfonamides is 1. The molecule has 1 aliphatic rings. The van der Waals surface area contributed by atoms with Crippen molar-refractivity contribution in [3.05, 3.63) is 57.8 Å². The topological polar surface area (TPSA) is 62.7 Å². The lowest BCUT2D eigenvalue weighted by atomic mass is 10.2. The van der Waals surface area contributed by atoms with Gasteiger partial charge in [-0.15, -0.1) is 0 Å². The fraction of sp³-hybridized carbons (Fsp3) is 0.421. The van der Waals surface area contributed by atoms with Crippen molar-refractivity contribution in [1.29, 1.82) is 0 Å². The highest BCUT2D eigenvalue weighted by molar-refractivity contribution is 9.10. The van der Waals surface area contributed by atoms with Crippen LogP contribution in [0.25, 0.3) is 0 Å². The second-order valence-electron chi connectivity index (χ2n) is 6.58. The SMILES string of the molecule is O=S(=O)(c1ccc(Br)cc1Cl)N(CCCN1CCOCC1)Cc1ccncc1. The molecule has 0 unspecified atom stereocenters. The summed E-state index contributed by atoms with van der Waals surface area (Å²) in [6.07, 6.45) is 4.07. The summed E-state index contributed by atoms with van der Waals surface area (Å²) in [6.45, 7) is 4.75. The van der Waals surface area contributed by atoms with Crippen molar-refractivity contribution < 1.29 is 13.2 Å². The Morgan fingerprint density at radius 1 is 1.18 bits per heavy atom. The summed E-state index contributed by atoms with van der Waals surface area (Å²) in [6, 6.07) is 8.49. The molecule has 1 aliphatic heterocycles. The molecule has 0 radical (unpaired) electrons. The number of ether oxygens (including phenoxy) is 1. The van der Waals surface area contributed by atoms with Crippen LogP contribution in [0.1, 0.15) is 12.0 Å². The second kappa shape index (κ2) is 10.1. The maximum atomic E-state index is 13.3. The van der Waals surface area contributed by atoms with Crippen molar-refractivity contribution in [1.82, 2.24) is 14.2 Å². The monoisotopic (exact) mass is 487 g/mol. The third-order valence-electron chi connectivity index (χ3n) is 4.61. The van der Waals surface area contributed by atoms with Crippen molar-refractivity contribution in [3.63, 3.8) is 0 Å². The average molecular weight is 489 g/mol. The van der Waals surface area contributed by atoms with Gasteiger partial charge in [0.05, 0.1) is 18.2 Å². The molecular formula is C19H23BrClN3O3S. The molecule has 0 aliphatic carbocycles. The van der Waals surface area contributed by atoms with Crippen molar-refractivity contribution in [2.24, 2.45) is 0 Å². The molecule has 0 N–H and O–H groups in total. The summed E-state index contributed by atoms with van der Waals surface area (Å²) in [5.41, 5.74) is 0.887. The standard InChI is InChI=1S/C19H23BrClN3O3S/c20-17-2-3-19(18(21)14-17)28(25,26)24(15-16-4-6-22-7-5-16)9-1-8-23-10-12-27-13-11-23/h2-7,14H,1,8-13,15H2. The highest BCUT2D eigenvalue weighted by Gasteiger charge is 2.27. The number of hydrogen-bond donors (Lipinski definition) is 0. The van der Waals surface area contributed by atoms with Gasteiger partial charge in [0, 0.05) is 43.0 Å². The summed E-state index contributed by atoms with van der Waals surface area (Å²) in [4.78, 5) is 6.43. The number of benzene rings is 1. The Balaban J connectivity index is 1.77. The first-order valence-electron chi connectivity index (χ1n) is 9.11. The maximum absolute atomic E-state index is 13.3. The summed E-state index contributed by atoms with van der Waals surface area (Å²) in [7, 11) is -3.73. The van der Waals surface area contributed by atoms with Crippen LogP contribution in [0.5, 0.6) is 0 Å². The number of pyridine rings is 1. The van der Waals surface area contributed by atoms with Crippen molar-refractivity contribution in [2.75, 3.05) is 39.4 Å². The molecule has 2 heterocycles. The number of hydrogen-bond acceptors (Lipinski definition) is 5. The van der Waals surface area contributed by atoms with Crippen molar-refractivity contribution >= 4 is 37.6 Å². The molecule has 152 valence electrons. The van der Waals surface area contributed by atoms with Gasteiger partial charge in [0.15, 0.2) is 0 Å². The average Bonchev–Trinajstić information content (AvgIpc) is 2.68. The second-order valence-corrected chi connectivity index (χ2v) is 9.81. The molecule has 6 nitrogen and oxygen atoms in total. The Labute approximate surface area is 179 Å². The Morgan fingerprint density at radius 3 is 2.57 bits per heavy atom. The van der Waals surface area contributed by atoms with E-state index in [1.54, 1.807) is 30.6 Å². The Hall–Kier alpha value is -1.03. The zero-order chi connectivity index (χ0) is 20.0. The molecule has 0 atom stereocenters. The lowest BCUT2D eigenvalue weighted by Crippen LogP contribution is -2.39. The van der Waals surface area contributed by atoms with Crippen LogP contribution in [0, 0.1) is 0 Å². The van der Waals surface area contributed by atoms with Crippen LogP contribution < -0.4 is 0 Å². The molecule has 2 aromatic rings. The quantitative estimate of drug-likeness (QED) is 0.570. The van der Waals surface area contributed by atoms with Gasteiger partial charge in [-0.05, 0) is 48.9 Å². The van der Waals surface area contributed by atoms with Gasteiger partial charge in [0.1, 0.15) is 4.90 Å². The molecular weight excluding hydrogens is 466 g/mol. The molecule has 3 rings (SSSR count). The predicted molar refractivity (Wildman–Crippen MR) is 113 cm³/mol. The smallest absolute Gasteiger partial charge is 0.244 e. The number of aromatic nitrogens is 1. The van der Waals surface area contributed by atoms with Gasteiger partial charge < -0.3 is 4.74 Å². The summed E-state index contributed by atoms with van der Waals surface area (Å²) in [5.74, 6) is 0. The minimum absolute atomic E-state index is 0.123. The van der Waals surface area contributed by atoms with E-state index in [1.165, 1.54) is 4.31 Å². The van der Waals surface area contributed by atoms with E-state index in [-0.39, 0.29) is 16.5 Å². The van der Waals surface area contributed by atoms with Gasteiger partial charge in [-0.25, -0.2) is 8.42 Å². The third kappa shape index (κ3) is 5.75. The molecule has 1 saturated heterocycles. The van der Waals surface area contributed by atoms with E-state index in [0.29, 0.717) is 6.54 Å². The van der Waals surface area contributed by atoms with E-state index in [9.17, 15) is 8.42 Å². The molecule has 1 aromatic carbocycles. The molecule has 28 heavy (non-hydrogen) atoms. The van der Waals surface area contributed by atoms with Gasteiger partial charge in [-0.3, -0.25) is 9.88 Å². The largest absolute Gasteiger partial charge is 0.379 e. The first-order valence-corrected chi connectivity index (χ1v) is 11.7. The zero-order valence-electron chi connectivity index (χ0n) is 15.4. The van der Waals surface area contributed by atoms with Crippen LogP contribution in [-0.4, -0.2) is 62.0 Å².